The van der Waals surface area contributed by atoms with Crippen molar-refractivity contribution in [2.75, 3.05) is 14.7 Å². The molecule has 2 saturated carbocycles. The Balaban J connectivity index is 0.000000123. The first kappa shape index (κ1) is 88.7. The fourth-order valence-electron chi connectivity index (χ4n) is 19.1. The summed E-state index contributed by atoms with van der Waals surface area (Å²) < 4.78 is 18.7. The average molecular weight is 1800 g/mol. The quantitative estimate of drug-likeness (QED) is 0.0901. The molecule has 0 spiro atoms. The number of rotatable bonds is 16. The normalized spacial score (nSPS) is 13.7. The summed E-state index contributed by atoms with van der Waals surface area (Å²) in [5.74, 6) is 13.2. The third kappa shape index (κ3) is 18.7. The van der Waals surface area contributed by atoms with Crippen molar-refractivity contribution >= 4 is 51.2 Å². The van der Waals surface area contributed by atoms with Gasteiger partial charge in [-0.2, -0.15) is 0 Å². The molecule has 3 aromatic heterocycles. The number of hydrogen-bond acceptors (Lipinski definition) is 15. The third-order valence-electron chi connectivity index (χ3n) is 27.0. The van der Waals surface area contributed by atoms with Crippen molar-refractivity contribution in [1.29, 1.82) is 0 Å². The number of para-hydroxylation sites is 12. The summed E-state index contributed by atoms with van der Waals surface area (Å²) in [7, 11) is 0. The van der Waals surface area contributed by atoms with E-state index in [2.05, 4.69) is 339 Å². The molecular formula is C123H110N12O3. The Bertz CT molecular complexity index is 7050. The number of nitrogens with zero attached hydrogens (tertiary/aromatic N) is 12. The van der Waals surface area contributed by atoms with E-state index in [0.717, 1.165) is 136 Å². The molecule has 0 amide bonds. The molecule has 6 heterocycles. The molecule has 2 aliphatic carbocycles. The van der Waals surface area contributed by atoms with Gasteiger partial charge in [0.15, 0.2) is 86.9 Å². The number of aromatic nitrogens is 9. The maximum Gasteiger partial charge on any atom is 0.164 e. The molecule has 0 saturated heterocycles. The molecule has 23 rings (SSSR count). The van der Waals surface area contributed by atoms with Crippen LogP contribution < -0.4 is 28.9 Å². The van der Waals surface area contributed by atoms with E-state index in [1.807, 2.05) is 109 Å². The van der Waals surface area contributed by atoms with E-state index < -0.39 is 0 Å². The summed E-state index contributed by atoms with van der Waals surface area (Å²) >= 11 is 0. The second-order valence-electron chi connectivity index (χ2n) is 39.1. The lowest BCUT2D eigenvalue weighted by molar-refractivity contribution is 0.477. The zero-order valence-corrected chi connectivity index (χ0v) is 79.7. The average Bonchev–Trinajstić information content (AvgIpc) is 0.805. The number of anilines is 9. The van der Waals surface area contributed by atoms with Gasteiger partial charge in [-0.15, -0.1) is 0 Å². The van der Waals surface area contributed by atoms with Crippen molar-refractivity contribution in [3.05, 3.63) is 397 Å². The van der Waals surface area contributed by atoms with Crippen molar-refractivity contribution in [2.24, 2.45) is 0 Å². The van der Waals surface area contributed by atoms with Gasteiger partial charge in [0.2, 0.25) is 0 Å². The van der Waals surface area contributed by atoms with Gasteiger partial charge in [-0.25, -0.2) is 44.9 Å². The number of hydrogen-bond donors (Lipinski definition) is 0. The summed E-state index contributed by atoms with van der Waals surface area (Å²) in [6.07, 6.45) is 10.5. The summed E-state index contributed by atoms with van der Waals surface area (Å²) in [6.45, 7) is 22.1. The van der Waals surface area contributed by atoms with E-state index in [1.165, 1.54) is 84.7 Å². The molecule has 15 heteroatoms. The van der Waals surface area contributed by atoms with E-state index in [4.69, 9.17) is 59.1 Å². The predicted molar refractivity (Wildman–Crippen MR) is 561 cm³/mol. The molecule has 0 radical (unpaired) electrons. The number of benzene rings is 15. The summed E-state index contributed by atoms with van der Waals surface area (Å²) in [6, 6.07) is 126. The largest absolute Gasteiger partial charge is 0.453 e. The fraction of sp³-hybridized carbons (Fsp3) is 0.195. The molecule has 3 aliphatic heterocycles. The molecule has 0 unspecified atom stereocenters. The van der Waals surface area contributed by atoms with Gasteiger partial charge in [-0.3, -0.25) is 0 Å². The Morgan fingerprint density at radius 3 is 0.580 bits per heavy atom. The van der Waals surface area contributed by atoms with E-state index in [0.29, 0.717) is 76.1 Å². The first-order chi connectivity index (χ1) is 67.2. The van der Waals surface area contributed by atoms with Gasteiger partial charge in [0.1, 0.15) is 0 Å². The standard InChI is InChI=1S/C43H38N4O.C41H38N4O.C39H34N4O/c1-2-10-29(9-1)31-17-21-33(22-18-31)41-44-42(34-23-19-32(20-24-34)30-11-3-4-12-30)46-43(45-41)35-25-27-36(28-26-35)47-37-13-5-7-15-39(37)48-40-16-8-6-14-38(40)47;1-40(2,3)30-21-15-27(16-22-30)37-42-38(28-17-23-31(24-18-28)41(4,5)6)44-39(43-37)29-19-25-32(26-20-29)45-33-11-7-9-13-35(33)46-36-14-10-8-12-34(36)45;1-25(2)27-13-17-29(18-14-27)37-40-38(30-19-15-28(16-20-30)26(3)4)42-39(41-37)31-21-23-32(24-22-31)43-33-9-5-7-11-35(33)44-36-12-8-6-10-34(36)43/h5-8,13-30H,1-4,9-12H2;7-26H,1-6H3;5-26H,1-4H3. The van der Waals surface area contributed by atoms with Gasteiger partial charge in [-0.1, -0.05) is 313 Å². The van der Waals surface area contributed by atoms with Crippen molar-refractivity contribution < 1.29 is 14.2 Å². The number of fused-ring (bicyclic) bond motifs is 6. The lowest BCUT2D eigenvalue weighted by Gasteiger charge is -2.32. The SMILES string of the molecule is CC(C)(C)c1ccc(-c2nc(-c3ccc(N4c5ccccc5Oc5ccccc54)cc3)nc(-c3ccc(C(C)(C)C)cc3)n2)cc1.CC(C)c1ccc(-c2nc(-c3ccc(C(C)C)cc3)nc(-c3ccc(N4c5ccccc5Oc5ccccc54)cc3)n2)cc1.c1ccc2c(c1)Oc1ccccc1N2c1ccc(-c2nc(-c3ccc(C4CCCC4)cc3)nc(-c3ccc(C4CCCC4)cc3)n2)cc1. The van der Waals surface area contributed by atoms with Gasteiger partial charge < -0.3 is 28.9 Å². The molecule has 15 nitrogen and oxygen atoms in total. The molecule has 680 valence electrons. The Morgan fingerprint density at radius 1 is 0.217 bits per heavy atom. The highest BCUT2D eigenvalue weighted by Crippen LogP contribution is 2.55. The summed E-state index contributed by atoms with van der Waals surface area (Å²) in [4.78, 5) is 51.8. The minimum absolute atomic E-state index is 0.0615. The van der Waals surface area contributed by atoms with Gasteiger partial charge in [0.05, 0.1) is 34.1 Å². The molecule has 0 bridgehead atoms. The summed E-state index contributed by atoms with van der Waals surface area (Å²) in [5, 5.41) is 0. The molecular weight excluding hydrogens is 1690 g/mol. The topological polar surface area (TPSA) is 153 Å². The van der Waals surface area contributed by atoms with Crippen molar-refractivity contribution in [3.63, 3.8) is 0 Å². The van der Waals surface area contributed by atoms with Crippen LogP contribution in [-0.4, -0.2) is 44.9 Å². The van der Waals surface area contributed by atoms with E-state index >= 15 is 0 Å². The lowest BCUT2D eigenvalue weighted by Crippen LogP contribution is -2.15. The zero-order chi connectivity index (χ0) is 94.1. The molecule has 2 fully saturated rings. The van der Waals surface area contributed by atoms with Crippen LogP contribution in [0.3, 0.4) is 0 Å². The highest BCUT2D eigenvalue weighted by Gasteiger charge is 2.32. The lowest BCUT2D eigenvalue weighted by atomic mass is 9.86. The van der Waals surface area contributed by atoms with Crippen LogP contribution in [0.5, 0.6) is 34.5 Å². The smallest absolute Gasteiger partial charge is 0.164 e. The Hall–Kier alpha value is -15.9. The Kier molecular flexibility index (Phi) is 24.5. The van der Waals surface area contributed by atoms with Gasteiger partial charge in [0.25, 0.3) is 0 Å². The zero-order valence-electron chi connectivity index (χ0n) is 79.7. The first-order valence-electron chi connectivity index (χ1n) is 48.5. The van der Waals surface area contributed by atoms with Crippen LogP contribution in [0.1, 0.15) is 178 Å². The van der Waals surface area contributed by atoms with Crippen molar-refractivity contribution in [1.82, 2.24) is 44.9 Å². The fourth-order valence-corrected chi connectivity index (χ4v) is 19.1. The van der Waals surface area contributed by atoms with Crippen molar-refractivity contribution in [3.8, 4) is 137 Å². The minimum atomic E-state index is 0.0615. The molecule has 18 aromatic rings. The number of ether oxygens (including phenoxy) is 3. The molecule has 0 N–H and O–H groups in total. The highest BCUT2D eigenvalue weighted by atomic mass is 16.5. The minimum Gasteiger partial charge on any atom is -0.453 e. The molecule has 0 atom stereocenters. The van der Waals surface area contributed by atoms with Gasteiger partial charge in [-0.05, 0) is 239 Å². The van der Waals surface area contributed by atoms with Gasteiger partial charge >= 0.3 is 0 Å². The van der Waals surface area contributed by atoms with E-state index in [9.17, 15) is 0 Å². The van der Waals surface area contributed by atoms with Crippen LogP contribution in [-0.2, 0) is 10.8 Å². The third-order valence-corrected chi connectivity index (χ3v) is 27.0. The van der Waals surface area contributed by atoms with Crippen LogP contribution >= 0.6 is 0 Å². The first-order valence-corrected chi connectivity index (χ1v) is 48.5. The predicted octanol–water partition coefficient (Wildman–Crippen LogP) is 33.5. The molecule has 15 aromatic carbocycles. The van der Waals surface area contributed by atoms with Crippen LogP contribution in [0.2, 0.25) is 0 Å². The Morgan fingerprint density at radius 2 is 0.391 bits per heavy atom. The second kappa shape index (κ2) is 38.1. The Labute approximate surface area is 809 Å². The van der Waals surface area contributed by atoms with Crippen LogP contribution in [0, 0.1) is 0 Å². The summed E-state index contributed by atoms with van der Waals surface area (Å²) in [5.41, 5.74) is 25.9. The highest BCUT2D eigenvalue weighted by molar-refractivity contribution is 5.90. The maximum atomic E-state index is 6.24. The molecule has 5 aliphatic rings. The van der Waals surface area contributed by atoms with Crippen LogP contribution in [0.4, 0.5) is 51.2 Å². The van der Waals surface area contributed by atoms with Gasteiger partial charge in [0, 0.05) is 67.1 Å². The van der Waals surface area contributed by atoms with Crippen LogP contribution in [0.25, 0.3) is 102 Å². The van der Waals surface area contributed by atoms with E-state index in [-0.39, 0.29) is 10.8 Å². The second-order valence-corrected chi connectivity index (χ2v) is 39.1. The van der Waals surface area contributed by atoms with Crippen LogP contribution in [0.15, 0.2) is 364 Å². The molecule has 138 heavy (non-hydrogen) atoms. The monoisotopic (exact) mass is 1800 g/mol. The van der Waals surface area contributed by atoms with E-state index in [1.54, 1.807) is 0 Å². The maximum absolute atomic E-state index is 6.24. The van der Waals surface area contributed by atoms with Crippen molar-refractivity contribution in [2.45, 2.75) is 155 Å².